The Balaban J connectivity index is 1.55. The van der Waals surface area contributed by atoms with Crippen molar-refractivity contribution in [1.82, 2.24) is 14.9 Å². The van der Waals surface area contributed by atoms with Crippen molar-refractivity contribution >= 4 is 32.8 Å². The van der Waals surface area contributed by atoms with E-state index < -0.39 is 0 Å². The first-order valence-corrected chi connectivity index (χ1v) is 11.5. The lowest BCUT2D eigenvalue weighted by molar-refractivity contribution is 0.251. The number of piperazine rings is 1. The number of unbranched alkanes of at least 4 members (excludes halogenated alkanes) is 3. The van der Waals surface area contributed by atoms with E-state index in [0.29, 0.717) is 0 Å². The van der Waals surface area contributed by atoms with Gasteiger partial charge in [-0.3, -0.25) is 4.90 Å². The summed E-state index contributed by atoms with van der Waals surface area (Å²) in [7, 11) is 0. The Morgan fingerprint density at radius 1 is 0.897 bits per heavy atom. The molecule has 0 bridgehead atoms. The molecule has 4 nitrogen and oxygen atoms in total. The third kappa shape index (κ3) is 4.96. The molecule has 1 saturated heterocycles. The van der Waals surface area contributed by atoms with Gasteiger partial charge in [-0.05, 0) is 31.2 Å². The fraction of sp³-hybridized carbons (Fsp3) is 0.417. The highest BCUT2D eigenvalue weighted by Crippen LogP contribution is 2.30. The third-order valence-electron chi connectivity index (χ3n) is 5.68. The van der Waals surface area contributed by atoms with E-state index in [1.807, 2.05) is 6.07 Å². The van der Waals surface area contributed by atoms with Crippen LogP contribution in [0.25, 0.3) is 22.2 Å². The van der Waals surface area contributed by atoms with Crippen LogP contribution in [0.5, 0.6) is 0 Å². The number of aromatic nitrogens is 2. The molecular weight excluding hydrogens is 424 g/mol. The number of hydrogen-bond acceptors (Lipinski definition) is 4. The van der Waals surface area contributed by atoms with Gasteiger partial charge in [0.05, 0.1) is 11.2 Å². The van der Waals surface area contributed by atoms with Crippen LogP contribution in [0.2, 0.25) is 0 Å². The summed E-state index contributed by atoms with van der Waals surface area (Å²) in [5.74, 6) is 0.851. The number of fused-ring (bicyclic) bond motifs is 1. The van der Waals surface area contributed by atoms with Gasteiger partial charge in [0.25, 0.3) is 0 Å². The van der Waals surface area contributed by atoms with Gasteiger partial charge in [0.1, 0.15) is 0 Å². The van der Waals surface area contributed by atoms with Crippen LogP contribution in [0.1, 0.15) is 32.6 Å². The van der Waals surface area contributed by atoms with E-state index in [0.717, 1.165) is 58.8 Å². The zero-order chi connectivity index (χ0) is 20.1. The molecular formula is C24H29BrN4. The summed E-state index contributed by atoms with van der Waals surface area (Å²) in [4.78, 5) is 14.9. The highest BCUT2D eigenvalue weighted by Gasteiger charge is 2.20. The van der Waals surface area contributed by atoms with Crippen molar-refractivity contribution < 1.29 is 0 Å². The summed E-state index contributed by atoms with van der Waals surface area (Å²) in [5, 5.41) is 1.09. The van der Waals surface area contributed by atoms with E-state index in [1.54, 1.807) is 0 Å². The molecule has 0 radical (unpaired) electrons. The van der Waals surface area contributed by atoms with Gasteiger partial charge in [-0.1, -0.05) is 72.4 Å². The zero-order valence-electron chi connectivity index (χ0n) is 17.1. The fourth-order valence-corrected chi connectivity index (χ4v) is 4.34. The van der Waals surface area contributed by atoms with E-state index in [9.17, 15) is 0 Å². The average molecular weight is 453 g/mol. The van der Waals surface area contributed by atoms with Gasteiger partial charge in [0, 0.05) is 41.6 Å². The standard InChI is InChI=1S/C24H29BrN4/c1-2-3-4-8-13-28-14-16-29(17-15-28)24-26-22-12-11-20(25)18-21(22)23(27-24)19-9-6-5-7-10-19/h5-7,9-12,18H,2-4,8,13-17H2,1H3. The maximum Gasteiger partial charge on any atom is 0.226 e. The maximum absolute atomic E-state index is 5.02. The molecule has 4 rings (SSSR count). The van der Waals surface area contributed by atoms with Crippen molar-refractivity contribution in [3.8, 4) is 11.3 Å². The first-order chi connectivity index (χ1) is 14.2. The second-order valence-corrected chi connectivity index (χ2v) is 8.70. The van der Waals surface area contributed by atoms with Crippen LogP contribution in [0.4, 0.5) is 5.95 Å². The van der Waals surface area contributed by atoms with E-state index >= 15 is 0 Å². The summed E-state index contributed by atoms with van der Waals surface area (Å²) < 4.78 is 1.05. The van der Waals surface area contributed by atoms with Crippen LogP contribution in [-0.2, 0) is 0 Å². The maximum atomic E-state index is 5.02. The second kappa shape index (κ2) is 9.68. The van der Waals surface area contributed by atoms with E-state index in [2.05, 4.69) is 75.1 Å². The summed E-state index contributed by atoms with van der Waals surface area (Å²) >= 11 is 3.60. The van der Waals surface area contributed by atoms with Gasteiger partial charge < -0.3 is 4.90 Å². The van der Waals surface area contributed by atoms with Crippen LogP contribution in [0.3, 0.4) is 0 Å². The van der Waals surface area contributed by atoms with Crippen molar-refractivity contribution in [3.05, 3.63) is 53.0 Å². The Morgan fingerprint density at radius 3 is 2.45 bits per heavy atom. The third-order valence-corrected chi connectivity index (χ3v) is 6.17. The Bertz CT molecular complexity index is 936. The zero-order valence-corrected chi connectivity index (χ0v) is 18.7. The van der Waals surface area contributed by atoms with Crippen LogP contribution in [-0.4, -0.2) is 47.6 Å². The topological polar surface area (TPSA) is 32.3 Å². The van der Waals surface area contributed by atoms with Gasteiger partial charge in [-0.2, -0.15) is 0 Å². The minimum atomic E-state index is 0.851. The molecule has 1 aliphatic rings. The van der Waals surface area contributed by atoms with E-state index in [-0.39, 0.29) is 0 Å². The Morgan fingerprint density at radius 2 is 1.69 bits per heavy atom. The largest absolute Gasteiger partial charge is 0.338 e. The lowest BCUT2D eigenvalue weighted by atomic mass is 10.1. The van der Waals surface area contributed by atoms with Gasteiger partial charge in [0.2, 0.25) is 5.95 Å². The van der Waals surface area contributed by atoms with Gasteiger partial charge in [-0.15, -0.1) is 0 Å². The minimum Gasteiger partial charge on any atom is -0.338 e. The van der Waals surface area contributed by atoms with Crippen molar-refractivity contribution in [2.45, 2.75) is 32.6 Å². The molecule has 1 aromatic heterocycles. The summed E-state index contributed by atoms with van der Waals surface area (Å²) in [6, 6.07) is 16.7. The molecule has 1 aliphatic heterocycles. The van der Waals surface area contributed by atoms with Gasteiger partial charge in [-0.25, -0.2) is 9.97 Å². The van der Waals surface area contributed by atoms with Crippen LogP contribution in [0.15, 0.2) is 53.0 Å². The average Bonchev–Trinajstić information content (AvgIpc) is 2.77. The van der Waals surface area contributed by atoms with E-state index in [1.165, 1.54) is 32.2 Å². The monoisotopic (exact) mass is 452 g/mol. The molecule has 0 amide bonds. The molecule has 0 N–H and O–H groups in total. The first kappa shape index (κ1) is 20.3. The molecule has 0 saturated carbocycles. The smallest absolute Gasteiger partial charge is 0.226 e. The first-order valence-electron chi connectivity index (χ1n) is 10.7. The van der Waals surface area contributed by atoms with Gasteiger partial charge in [0.15, 0.2) is 0 Å². The molecule has 1 fully saturated rings. The van der Waals surface area contributed by atoms with Gasteiger partial charge >= 0.3 is 0 Å². The lowest BCUT2D eigenvalue weighted by Gasteiger charge is -2.35. The minimum absolute atomic E-state index is 0.851. The summed E-state index contributed by atoms with van der Waals surface area (Å²) in [5.41, 5.74) is 3.14. The Kier molecular flexibility index (Phi) is 6.78. The molecule has 29 heavy (non-hydrogen) atoms. The predicted molar refractivity (Wildman–Crippen MR) is 125 cm³/mol. The molecule has 152 valence electrons. The number of anilines is 1. The number of hydrogen-bond donors (Lipinski definition) is 0. The number of nitrogens with zero attached hydrogens (tertiary/aromatic N) is 4. The number of rotatable bonds is 7. The normalized spacial score (nSPS) is 15.2. The van der Waals surface area contributed by atoms with Crippen LogP contribution in [0, 0.1) is 0 Å². The molecule has 2 aromatic carbocycles. The molecule has 0 unspecified atom stereocenters. The SMILES string of the molecule is CCCCCCN1CCN(c2nc(-c3ccccc3)c3cc(Br)ccc3n2)CC1. The Labute approximate surface area is 182 Å². The van der Waals surface area contributed by atoms with Crippen LogP contribution >= 0.6 is 15.9 Å². The molecule has 2 heterocycles. The Hall–Kier alpha value is -1.98. The molecule has 0 atom stereocenters. The lowest BCUT2D eigenvalue weighted by Crippen LogP contribution is -2.47. The summed E-state index contributed by atoms with van der Waals surface area (Å²) in [6.07, 6.45) is 5.31. The van der Waals surface area contributed by atoms with Crippen molar-refractivity contribution in [1.29, 1.82) is 0 Å². The number of halogens is 1. The summed E-state index contributed by atoms with van der Waals surface area (Å²) in [6.45, 7) is 7.65. The molecule has 0 aliphatic carbocycles. The highest BCUT2D eigenvalue weighted by atomic mass is 79.9. The quantitative estimate of drug-likeness (QED) is 0.426. The van der Waals surface area contributed by atoms with Crippen molar-refractivity contribution in [2.75, 3.05) is 37.6 Å². The van der Waals surface area contributed by atoms with Crippen LogP contribution < -0.4 is 4.90 Å². The second-order valence-electron chi connectivity index (χ2n) is 7.79. The van der Waals surface area contributed by atoms with E-state index in [4.69, 9.17) is 9.97 Å². The fourth-order valence-electron chi connectivity index (χ4n) is 3.98. The van der Waals surface area contributed by atoms with Crippen molar-refractivity contribution in [3.63, 3.8) is 0 Å². The predicted octanol–water partition coefficient (Wildman–Crippen LogP) is 5.76. The highest BCUT2D eigenvalue weighted by molar-refractivity contribution is 9.10. The number of benzene rings is 2. The molecule has 0 spiro atoms. The van der Waals surface area contributed by atoms with Crippen molar-refractivity contribution in [2.24, 2.45) is 0 Å². The molecule has 3 aromatic rings. The molecule has 5 heteroatoms.